The Balaban J connectivity index is 1.95. The van der Waals surface area contributed by atoms with E-state index in [2.05, 4.69) is 21.8 Å². The van der Waals surface area contributed by atoms with Gasteiger partial charge in [-0.15, -0.1) is 0 Å². The van der Waals surface area contributed by atoms with Gasteiger partial charge in [-0.2, -0.15) is 5.10 Å². The van der Waals surface area contributed by atoms with Crippen LogP contribution in [0.25, 0.3) is 39.3 Å². The number of rotatable bonds is 2. The zero-order valence-corrected chi connectivity index (χ0v) is 13.2. The summed E-state index contributed by atoms with van der Waals surface area (Å²) in [4.78, 5) is 9.14. The molecule has 3 heterocycles. The number of aromatic nitrogens is 4. The summed E-state index contributed by atoms with van der Waals surface area (Å²) >= 11 is 6.43. The van der Waals surface area contributed by atoms with Crippen molar-refractivity contribution >= 4 is 39.6 Å². The Kier molecular flexibility index (Phi) is 3.13. The van der Waals surface area contributed by atoms with Gasteiger partial charge in [0.1, 0.15) is 0 Å². The molecule has 23 heavy (non-hydrogen) atoms. The number of benzene rings is 1. The molecule has 0 unspecified atom stereocenters. The molecule has 0 saturated heterocycles. The normalized spacial score (nSPS) is 11.2. The summed E-state index contributed by atoms with van der Waals surface area (Å²) in [5.41, 5.74) is 5.24. The molecule has 1 N–H and O–H groups in total. The lowest BCUT2D eigenvalue weighted by Crippen LogP contribution is -1.89. The minimum Gasteiger partial charge on any atom is -0.261 e. The summed E-state index contributed by atoms with van der Waals surface area (Å²) in [5, 5.41) is 9.66. The van der Waals surface area contributed by atoms with Gasteiger partial charge in [0.2, 0.25) is 0 Å². The molecule has 0 aliphatic carbocycles. The fourth-order valence-corrected chi connectivity index (χ4v) is 2.91. The second-order valence-corrected chi connectivity index (χ2v) is 5.81. The fourth-order valence-electron chi connectivity index (χ4n) is 2.64. The van der Waals surface area contributed by atoms with Crippen molar-refractivity contribution in [3.63, 3.8) is 0 Å². The molecule has 5 heteroatoms. The Morgan fingerprint density at radius 3 is 2.87 bits per heavy atom. The predicted octanol–water partition coefficient (Wildman–Crippen LogP) is 4.78. The van der Waals surface area contributed by atoms with Crippen LogP contribution in [0.2, 0.25) is 5.02 Å². The van der Waals surface area contributed by atoms with Crippen molar-refractivity contribution in [1.29, 1.82) is 0 Å². The van der Waals surface area contributed by atoms with Crippen LogP contribution in [0.4, 0.5) is 0 Å². The lowest BCUT2D eigenvalue weighted by molar-refractivity contribution is 1.05. The zero-order chi connectivity index (χ0) is 16.0. The van der Waals surface area contributed by atoms with Gasteiger partial charge < -0.3 is 0 Å². The zero-order valence-electron chi connectivity index (χ0n) is 12.5. The quantitative estimate of drug-likeness (QED) is 0.578. The van der Waals surface area contributed by atoms with Gasteiger partial charge >= 0.3 is 0 Å². The van der Waals surface area contributed by atoms with Gasteiger partial charge in [-0.3, -0.25) is 5.10 Å². The first-order valence-electron chi connectivity index (χ1n) is 7.19. The second kappa shape index (κ2) is 5.18. The Bertz CT molecular complexity index is 1070. The Hall–Kier alpha value is -2.72. The van der Waals surface area contributed by atoms with E-state index in [-0.39, 0.29) is 0 Å². The van der Waals surface area contributed by atoms with Crippen LogP contribution < -0.4 is 0 Å². The molecule has 1 aromatic carbocycles. The number of hydrogen-bond donors (Lipinski definition) is 1. The number of nitrogens with one attached hydrogen (secondary N) is 1. The maximum absolute atomic E-state index is 6.43. The molecule has 112 valence electrons. The van der Waals surface area contributed by atoms with Crippen LogP contribution in [0.1, 0.15) is 11.3 Å². The van der Waals surface area contributed by atoms with Gasteiger partial charge in [-0.25, -0.2) is 9.97 Å². The minimum absolute atomic E-state index is 0.671. The first-order valence-corrected chi connectivity index (χ1v) is 7.57. The SMILES string of the molecule is C=Cc1ccc2c(Cl)cc(-c3cnc4[nH]nc(C)c4c3)nc2c1. The van der Waals surface area contributed by atoms with Gasteiger partial charge in [0.05, 0.1) is 21.9 Å². The first kappa shape index (κ1) is 13.9. The molecule has 0 atom stereocenters. The number of aryl methyl sites for hydroxylation is 1. The number of hydrogen-bond acceptors (Lipinski definition) is 3. The third kappa shape index (κ3) is 2.28. The summed E-state index contributed by atoms with van der Waals surface area (Å²) in [7, 11) is 0. The Morgan fingerprint density at radius 2 is 2.04 bits per heavy atom. The number of fused-ring (bicyclic) bond motifs is 2. The van der Waals surface area contributed by atoms with E-state index >= 15 is 0 Å². The Morgan fingerprint density at radius 1 is 1.17 bits per heavy atom. The average Bonchev–Trinajstić information content (AvgIpc) is 2.95. The van der Waals surface area contributed by atoms with Gasteiger partial charge in [-0.1, -0.05) is 36.4 Å². The van der Waals surface area contributed by atoms with E-state index in [1.807, 2.05) is 37.3 Å². The van der Waals surface area contributed by atoms with Crippen molar-refractivity contribution in [2.24, 2.45) is 0 Å². The fraction of sp³-hybridized carbons (Fsp3) is 0.0556. The van der Waals surface area contributed by atoms with Crippen LogP contribution in [0.5, 0.6) is 0 Å². The molecule has 0 aliphatic heterocycles. The van der Waals surface area contributed by atoms with E-state index in [1.165, 1.54) is 0 Å². The second-order valence-electron chi connectivity index (χ2n) is 5.40. The molecule has 3 aromatic heterocycles. The standard InChI is InChI=1S/C18H13ClN4/c1-3-11-4-5-13-15(19)8-16(21-17(13)6-11)12-7-14-10(2)22-23-18(14)20-9-12/h3-9H,1H2,2H3,(H,20,22,23). The third-order valence-electron chi connectivity index (χ3n) is 3.92. The van der Waals surface area contributed by atoms with Crippen molar-refractivity contribution in [3.8, 4) is 11.3 Å². The summed E-state index contributed by atoms with van der Waals surface area (Å²) < 4.78 is 0. The van der Waals surface area contributed by atoms with Gasteiger partial charge in [0, 0.05) is 22.5 Å². The van der Waals surface area contributed by atoms with Crippen molar-refractivity contribution in [2.75, 3.05) is 0 Å². The highest BCUT2D eigenvalue weighted by Gasteiger charge is 2.10. The van der Waals surface area contributed by atoms with Crippen LogP contribution >= 0.6 is 11.6 Å². The van der Waals surface area contributed by atoms with E-state index in [4.69, 9.17) is 16.6 Å². The number of halogens is 1. The smallest absolute Gasteiger partial charge is 0.155 e. The average molecular weight is 321 g/mol. The van der Waals surface area contributed by atoms with E-state index in [0.29, 0.717) is 5.02 Å². The molecule has 0 aliphatic rings. The number of nitrogens with zero attached hydrogens (tertiary/aromatic N) is 3. The van der Waals surface area contributed by atoms with Gasteiger partial charge in [0.15, 0.2) is 5.65 Å². The van der Waals surface area contributed by atoms with Gasteiger partial charge in [-0.05, 0) is 30.7 Å². The van der Waals surface area contributed by atoms with Crippen molar-refractivity contribution < 1.29 is 0 Å². The molecule has 0 saturated carbocycles. The molecule has 0 bridgehead atoms. The highest BCUT2D eigenvalue weighted by molar-refractivity contribution is 6.35. The van der Waals surface area contributed by atoms with E-state index in [0.717, 1.165) is 44.5 Å². The number of aromatic amines is 1. The summed E-state index contributed by atoms with van der Waals surface area (Å²) in [6.45, 7) is 5.74. The van der Waals surface area contributed by atoms with Crippen molar-refractivity contribution in [3.05, 3.63) is 59.4 Å². The number of H-pyrrole nitrogens is 1. The molecule has 0 amide bonds. The maximum atomic E-state index is 6.43. The van der Waals surface area contributed by atoms with Crippen LogP contribution in [-0.2, 0) is 0 Å². The summed E-state index contributed by atoms with van der Waals surface area (Å²) in [5.74, 6) is 0. The van der Waals surface area contributed by atoms with Crippen LogP contribution in [-0.4, -0.2) is 20.2 Å². The third-order valence-corrected chi connectivity index (χ3v) is 4.23. The minimum atomic E-state index is 0.671. The highest BCUT2D eigenvalue weighted by Crippen LogP contribution is 2.30. The molecular formula is C18H13ClN4. The first-order chi connectivity index (χ1) is 11.2. The molecule has 4 aromatic rings. The van der Waals surface area contributed by atoms with E-state index in [9.17, 15) is 0 Å². The largest absolute Gasteiger partial charge is 0.261 e. The van der Waals surface area contributed by atoms with Crippen molar-refractivity contribution in [2.45, 2.75) is 6.92 Å². The molecular weight excluding hydrogens is 308 g/mol. The van der Waals surface area contributed by atoms with Crippen molar-refractivity contribution in [1.82, 2.24) is 20.2 Å². The lowest BCUT2D eigenvalue weighted by Gasteiger charge is -2.06. The Labute approximate surface area is 137 Å². The summed E-state index contributed by atoms with van der Waals surface area (Å²) in [6, 6.07) is 9.82. The maximum Gasteiger partial charge on any atom is 0.155 e. The highest BCUT2D eigenvalue weighted by atomic mass is 35.5. The van der Waals surface area contributed by atoms with Crippen LogP contribution in [0, 0.1) is 6.92 Å². The topological polar surface area (TPSA) is 54.5 Å². The monoisotopic (exact) mass is 320 g/mol. The summed E-state index contributed by atoms with van der Waals surface area (Å²) in [6.07, 6.45) is 3.58. The molecule has 0 fully saturated rings. The van der Waals surface area contributed by atoms with E-state index in [1.54, 1.807) is 12.3 Å². The molecule has 4 nitrogen and oxygen atoms in total. The van der Waals surface area contributed by atoms with E-state index < -0.39 is 0 Å². The number of pyridine rings is 2. The molecule has 0 radical (unpaired) electrons. The van der Waals surface area contributed by atoms with Gasteiger partial charge in [0.25, 0.3) is 0 Å². The van der Waals surface area contributed by atoms with Crippen LogP contribution in [0.3, 0.4) is 0 Å². The molecule has 0 spiro atoms. The predicted molar refractivity (Wildman–Crippen MR) is 94.5 cm³/mol. The molecule has 4 rings (SSSR count). The lowest BCUT2D eigenvalue weighted by atomic mass is 10.1. The van der Waals surface area contributed by atoms with Crippen LogP contribution in [0.15, 0.2) is 43.1 Å².